The molecule has 1 N–H and O–H groups in total. The molecule has 1 saturated carbocycles. The van der Waals surface area contributed by atoms with Crippen molar-refractivity contribution in [3.63, 3.8) is 0 Å². The average Bonchev–Trinajstić information content (AvgIpc) is 3.00. The van der Waals surface area contributed by atoms with Crippen molar-refractivity contribution in [3.05, 3.63) is 15.6 Å². The quantitative estimate of drug-likeness (QED) is 0.809. The molecule has 1 atom stereocenters. The van der Waals surface area contributed by atoms with E-state index in [1.165, 1.54) is 34.8 Å². The molecule has 1 aliphatic carbocycles. The Balaban J connectivity index is 1.79. The van der Waals surface area contributed by atoms with E-state index in [1.54, 1.807) is 0 Å². The van der Waals surface area contributed by atoms with Gasteiger partial charge in [0.05, 0.1) is 5.69 Å². The van der Waals surface area contributed by atoms with Crippen molar-refractivity contribution in [3.8, 4) is 0 Å². The van der Waals surface area contributed by atoms with Crippen LogP contribution in [0.3, 0.4) is 0 Å². The Kier molecular flexibility index (Phi) is 3.92. The number of thiazole rings is 1. The second-order valence-electron chi connectivity index (χ2n) is 5.96. The van der Waals surface area contributed by atoms with Gasteiger partial charge in [0, 0.05) is 23.9 Å². The zero-order valence-electron chi connectivity index (χ0n) is 12.0. The Morgan fingerprint density at radius 1 is 1.47 bits per heavy atom. The smallest absolute Gasteiger partial charge is 0.125 e. The molecule has 0 spiro atoms. The third-order valence-electron chi connectivity index (χ3n) is 4.08. The molecule has 4 heteroatoms. The van der Waals surface area contributed by atoms with Crippen LogP contribution in [0.25, 0.3) is 0 Å². The lowest BCUT2D eigenvalue weighted by Crippen LogP contribution is -2.19. The lowest BCUT2D eigenvalue weighted by atomic mass is 10.0. The van der Waals surface area contributed by atoms with Crippen LogP contribution in [0.4, 0.5) is 0 Å². The maximum Gasteiger partial charge on any atom is 0.125 e. The summed E-state index contributed by atoms with van der Waals surface area (Å²) in [7, 11) is 0. The molecular formula is C15H24N2OS. The first-order chi connectivity index (χ1) is 9.23. The van der Waals surface area contributed by atoms with Crippen LogP contribution in [0.1, 0.15) is 67.4 Å². The van der Waals surface area contributed by atoms with Gasteiger partial charge in [-0.15, -0.1) is 11.3 Å². The second-order valence-corrected chi connectivity index (χ2v) is 7.04. The molecule has 19 heavy (non-hydrogen) atoms. The van der Waals surface area contributed by atoms with Gasteiger partial charge in [-0.05, 0) is 45.6 Å². The number of ether oxygens (including phenoxy) is 1. The predicted octanol–water partition coefficient (Wildman–Crippen LogP) is 3.55. The van der Waals surface area contributed by atoms with Gasteiger partial charge in [0.25, 0.3) is 0 Å². The van der Waals surface area contributed by atoms with Gasteiger partial charge in [0.1, 0.15) is 10.6 Å². The van der Waals surface area contributed by atoms with Crippen molar-refractivity contribution in [1.82, 2.24) is 10.3 Å². The van der Waals surface area contributed by atoms with Crippen LogP contribution in [0.2, 0.25) is 0 Å². The molecule has 3 rings (SSSR count). The van der Waals surface area contributed by atoms with Crippen molar-refractivity contribution < 1.29 is 4.74 Å². The fourth-order valence-electron chi connectivity index (χ4n) is 2.72. The van der Waals surface area contributed by atoms with E-state index in [-0.39, 0.29) is 5.60 Å². The molecule has 0 radical (unpaired) electrons. The van der Waals surface area contributed by atoms with Crippen molar-refractivity contribution in [1.29, 1.82) is 0 Å². The number of hydrogen-bond donors (Lipinski definition) is 1. The van der Waals surface area contributed by atoms with Crippen molar-refractivity contribution >= 4 is 11.3 Å². The molecule has 0 bridgehead atoms. The van der Waals surface area contributed by atoms with Crippen LogP contribution in [0, 0.1) is 0 Å². The fourth-order valence-corrected chi connectivity index (χ4v) is 3.96. The molecule has 1 unspecified atom stereocenters. The predicted molar refractivity (Wildman–Crippen MR) is 78.6 cm³/mol. The maximum absolute atomic E-state index is 5.95. The third kappa shape index (κ3) is 2.86. The summed E-state index contributed by atoms with van der Waals surface area (Å²) < 4.78 is 5.95. The summed E-state index contributed by atoms with van der Waals surface area (Å²) in [5.74, 6) is 0.730. The highest BCUT2D eigenvalue weighted by Crippen LogP contribution is 2.46. The minimum atomic E-state index is -0.114. The molecule has 106 valence electrons. The molecule has 0 amide bonds. The van der Waals surface area contributed by atoms with Crippen LogP contribution >= 0.6 is 11.3 Å². The molecule has 1 aliphatic heterocycles. The van der Waals surface area contributed by atoms with Crippen LogP contribution < -0.4 is 5.32 Å². The van der Waals surface area contributed by atoms with Gasteiger partial charge in [-0.3, -0.25) is 0 Å². The molecular weight excluding hydrogens is 256 g/mol. The van der Waals surface area contributed by atoms with Gasteiger partial charge in [0.15, 0.2) is 0 Å². The van der Waals surface area contributed by atoms with Gasteiger partial charge >= 0.3 is 0 Å². The van der Waals surface area contributed by atoms with E-state index in [1.807, 2.05) is 11.3 Å². The number of hydrogen-bond acceptors (Lipinski definition) is 4. The minimum Gasteiger partial charge on any atom is -0.368 e. The molecule has 1 aromatic heterocycles. The van der Waals surface area contributed by atoms with Crippen molar-refractivity contribution in [2.24, 2.45) is 0 Å². The normalized spacial score (nSPS) is 27.1. The van der Waals surface area contributed by atoms with Crippen LogP contribution in [0.5, 0.6) is 0 Å². The van der Waals surface area contributed by atoms with E-state index in [0.29, 0.717) is 0 Å². The SMILES string of the molecule is CCCNCc1sc(C2(C)CCCO2)nc1C1CC1. The van der Waals surface area contributed by atoms with Gasteiger partial charge in [-0.2, -0.15) is 0 Å². The van der Waals surface area contributed by atoms with Crippen molar-refractivity contribution in [2.75, 3.05) is 13.2 Å². The zero-order chi connectivity index (χ0) is 13.3. The standard InChI is InChI=1S/C15H24N2OS/c1-3-8-16-10-12-13(11-5-6-11)17-14(19-12)15(2)7-4-9-18-15/h11,16H,3-10H2,1-2H3. The lowest BCUT2D eigenvalue weighted by Gasteiger charge is -2.19. The summed E-state index contributed by atoms with van der Waals surface area (Å²) >= 11 is 1.88. The first-order valence-corrected chi connectivity index (χ1v) is 8.39. The first-order valence-electron chi connectivity index (χ1n) is 7.57. The second kappa shape index (κ2) is 5.51. The highest BCUT2D eigenvalue weighted by molar-refractivity contribution is 7.11. The van der Waals surface area contributed by atoms with E-state index in [9.17, 15) is 0 Å². The topological polar surface area (TPSA) is 34.1 Å². The largest absolute Gasteiger partial charge is 0.368 e. The highest BCUT2D eigenvalue weighted by atomic mass is 32.1. The Morgan fingerprint density at radius 2 is 2.32 bits per heavy atom. The molecule has 2 heterocycles. The monoisotopic (exact) mass is 280 g/mol. The van der Waals surface area contributed by atoms with Crippen LogP contribution in [0.15, 0.2) is 0 Å². The van der Waals surface area contributed by atoms with E-state index in [4.69, 9.17) is 9.72 Å². The summed E-state index contributed by atoms with van der Waals surface area (Å²) in [5.41, 5.74) is 1.25. The van der Waals surface area contributed by atoms with Gasteiger partial charge < -0.3 is 10.1 Å². The summed E-state index contributed by atoms with van der Waals surface area (Å²) in [5, 5.41) is 4.73. The number of nitrogens with one attached hydrogen (secondary N) is 1. The molecule has 1 aromatic rings. The molecule has 2 fully saturated rings. The van der Waals surface area contributed by atoms with Crippen molar-refractivity contribution in [2.45, 2.75) is 64.0 Å². The van der Waals surface area contributed by atoms with E-state index in [2.05, 4.69) is 19.2 Å². The van der Waals surface area contributed by atoms with Crippen LogP contribution in [-0.2, 0) is 16.9 Å². The van der Waals surface area contributed by atoms with Crippen LogP contribution in [-0.4, -0.2) is 18.1 Å². The summed E-state index contributed by atoms with van der Waals surface area (Å²) in [4.78, 5) is 6.41. The lowest BCUT2D eigenvalue weighted by molar-refractivity contribution is 0.0165. The number of rotatable bonds is 6. The Morgan fingerprint density at radius 3 is 2.95 bits per heavy atom. The summed E-state index contributed by atoms with van der Waals surface area (Å²) in [6, 6.07) is 0. The molecule has 0 aromatic carbocycles. The van der Waals surface area contributed by atoms with Gasteiger partial charge in [-0.25, -0.2) is 4.98 Å². The molecule has 1 saturated heterocycles. The van der Waals surface area contributed by atoms with E-state index >= 15 is 0 Å². The number of aromatic nitrogens is 1. The summed E-state index contributed by atoms with van der Waals surface area (Å²) in [6.07, 6.45) is 6.11. The Labute approximate surface area is 119 Å². The van der Waals surface area contributed by atoms with Gasteiger partial charge in [-0.1, -0.05) is 6.92 Å². The highest BCUT2D eigenvalue weighted by Gasteiger charge is 2.38. The molecule has 2 aliphatic rings. The average molecular weight is 280 g/mol. The Hall–Kier alpha value is -0.450. The fraction of sp³-hybridized carbons (Fsp3) is 0.800. The zero-order valence-corrected chi connectivity index (χ0v) is 12.8. The minimum absolute atomic E-state index is 0.114. The summed E-state index contributed by atoms with van der Waals surface area (Å²) in [6.45, 7) is 7.37. The Bertz CT molecular complexity index is 433. The molecule has 3 nitrogen and oxygen atoms in total. The maximum atomic E-state index is 5.95. The number of nitrogens with zero attached hydrogens (tertiary/aromatic N) is 1. The van der Waals surface area contributed by atoms with E-state index in [0.717, 1.165) is 38.5 Å². The third-order valence-corrected chi connectivity index (χ3v) is 5.39. The van der Waals surface area contributed by atoms with Gasteiger partial charge in [0.2, 0.25) is 0 Å². The first kappa shape index (κ1) is 13.5. The van der Waals surface area contributed by atoms with E-state index < -0.39 is 0 Å².